The number of oxazole rings is 1. The summed E-state index contributed by atoms with van der Waals surface area (Å²) in [5, 5.41) is 0. The van der Waals surface area contributed by atoms with Crippen LogP contribution in [0.4, 0.5) is 0 Å². The number of piperazine rings is 1. The lowest BCUT2D eigenvalue weighted by Crippen LogP contribution is -2.50. The smallest absolute Gasteiger partial charge is 0.228 e. The minimum Gasteiger partial charge on any atom is -0.467 e. The van der Waals surface area contributed by atoms with Gasteiger partial charge in [0.15, 0.2) is 0 Å². The normalized spacial score (nSPS) is 19.6. The first kappa shape index (κ1) is 20.5. The van der Waals surface area contributed by atoms with Gasteiger partial charge in [0.25, 0.3) is 0 Å². The van der Waals surface area contributed by atoms with Gasteiger partial charge in [-0.2, -0.15) is 0 Å². The summed E-state index contributed by atoms with van der Waals surface area (Å²) in [4.78, 5) is 35.8. The maximum Gasteiger partial charge on any atom is 0.228 e. The van der Waals surface area contributed by atoms with Crippen molar-refractivity contribution in [2.45, 2.75) is 19.5 Å². The molecule has 0 unspecified atom stereocenters. The van der Waals surface area contributed by atoms with Gasteiger partial charge in [-0.1, -0.05) is 18.2 Å². The second-order valence-corrected chi connectivity index (χ2v) is 8.37. The van der Waals surface area contributed by atoms with Crippen molar-refractivity contribution < 1.29 is 18.4 Å². The Hall–Kier alpha value is -3.39. The number of hydrogen-bond donors (Lipinski definition) is 0. The first-order valence-electron chi connectivity index (χ1n) is 11.0. The second-order valence-electron chi connectivity index (χ2n) is 8.37. The molecule has 2 saturated heterocycles. The molecule has 2 aliphatic heterocycles. The molecule has 2 amide bonds. The lowest BCUT2D eigenvalue weighted by Gasteiger charge is -2.35. The largest absolute Gasteiger partial charge is 0.467 e. The Morgan fingerprint density at radius 2 is 1.81 bits per heavy atom. The zero-order chi connectivity index (χ0) is 21.9. The Morgan fingerprint density at radius 1 is 1.00 bits per heavy atom. The molecule has 2 fully saturated rings. The van der Waals surface area contributed by atoms with Gasteiger partial charge < -0.3 is 18.6 Å². The molecule has 0 aliphatic carbocycles. The lowest BCUT2D eigenvalue weighted by atomic mass is 10.1. The minimum atomic E-state index is -0.270. The Labute approximate surface area is 186 Å². The van der Waals surface area contributed by atoms with E-state index in [1.165, 1.54) is 0 Å². The summed E-state index contributed by atoms with van der Waals surface area (Å²) < 4.78 is 11.0. The standard InChI is InChI=1S/C24H26N4O4/c29-22-13-19(14-28(22)16-21-7-4-12-31-21)24(30)27-10-8-26(9-11-27)15-20-17-32-23(25-20)18-5-2-1-3-6-18/h1-7,12,17,19H,8-11,13-16H2/t19-/m0/s1. The van der Waals surface area contributed by atoms with Crippen molar-refractivity contribution in [3.05, 3.63) is 66.4 Å². The van der Waals surface area contributed by atoms with Gasteiger partial charge in [-0.15, -0.1) is 0 Å². The van der Waals surface area contributed by atoms with Crippen LogP contribution in [0.25, 0.3) is 11.5 Å². The fourth-order valence-corrected chi connectivity index (χ4v) is 4.39. The zero-order valence-electron chi connectivity index (χ0n) is 17.9. The minimum absolute atomic E-state index is 0.0126. The number of likely N-dealkylation sites (tertiary alicyclic amines) is 1. The van der Waals surface area contributed by atoms with E-state index in [1.54, 1.807) is 23.5 Å². The summed E-state index contributed by atoms with van der Waals surface area (Å²) in [6.45, 7) is 4.44. The molecule has 0 saturated carbocycles. The molecule has 3 aromatic rings. The van der Waals surface area contributed by atoms with Crippen LogP contribution in [0.3, 0.4) is 0 Å². The summed E-state index contributed by atoms with van der Waals surface area (Å²) in [6, 6.07) is 13.5. The monoisotopic (exact) mass is 434 g/mol. The third kappa shape index (κ3) is 4.45. The van der Waals surface area contributed by atoms with Crippen molar-refractivity contribution >= 4 is 11.8 Å². The molecule has 5 rings (SSSR count). The van der Waals surface area contributed by atoms with E-state index < -0.39 is 0 Å². The number of carbonyl (C=O) groups is 2. The highest BCUT2D eigenvalue weighted by atomic mass is 16.3. The van der Waals surface area contributed by atoms with Gasteiger partial charge in [0.05, 0.1) is 24.4 Å². The number of amides is 2. The Balaban J connectivity index is 1.11. The van der Waals surface area contributed by atoms with Gasteiger partial charge in [0.2, 0.25) is 17.7 Å². The summed E-state index contributed by atoms with van der Waals surface area (Å²) in [6.07, 6.45) is 3.58. The quantitative estimate of drug-likeness (QED) is 0.593. The molecule has 2 aromatic heterocycles. The first-order chi connectivity index (χ1) is 15.7. The van der Waals surface area contributed by atoms with Gasteiger partial charge in [-0.3, -0.25) is 14.5 Å². The summed E-state index contributed by atoms with van der Waals surface area (Å²) >= 11 is 0. The molecule has 0 N–H and O–H groups in total. The Bertz CT molecular complexity index is 1050. The van der Waals surface area contributed by atoms with Crippen molar-refractivity contribution in [1.82, 2.24) is 19.7 Å². The highest BCUT2D eigenvalue weighted by Crippen LogP contribution is 2.24. The van der Waals surface area contributed by atoms with Crippen LogP contribution in [-0.4, -0.2) is 64.2 Å². The predicted octanol–water partition coefficient (Wildman–Crippen LogP) is 2.63. The van der Waals surface area contributed by atoms with Gasteiger partial charge in [-0.05, 0) is 24.3 Å². The highest BCUT2D eigenvalue weighted by molar-refractivity contribution is 5.89. The third-order valence-corrected chi connectivity index (χ3v) is 6.13. The van der Waals surface area contributed by atoms with Crippen LogP contribution < -0.4 is 0 Å². The van der Waals surface area contributed by atoms with E-state index in [0.29, 0.717) is 38.6 Å². The van der Waals surface area contributed by atoms with Crippen molar-refractivity contribution in [3.63, 3.8) is 0 Å². The van der Waals surface area contributed by atoms with Gasteiger partial charge >= 0.3 is 0 Å². The van der Waals surface area contributed by atoms with Crippen LogP contribution in [0.5, 0.6) is 0 Å². The number of hydrogen-bond acceptors (Lipinski definition) is 6. The molecule has 0 spiro atoms. The van der Waals surface area contributed by atoms with Crippen LogP contribution in [0, 0.1) is 5.92 Å². The van der Waals surface area contributed by atoms with Crippen molar-refractivity contribution in [2.24, 2.45) is 5.92 Å². The van der Waals surface area contributed by atoms with E-state index in [4.69, 9.17) is 8.83 Å². The molecule has 166 valence electrons. The second kappa shape index (κ2) is 9.00. The van der Waals surface area contributed by atoms with Crippen molar-refractivity contribution in [3.8, 4) is 11.5 Å². The first-order valence-corrected chi connectivity index (χ1v) is 11.0. The van der Waals surface area contributed by atoms with E-state index in [1.807, 2.05) is 41.3 Å². The Morgan fingerprint density at radius 3 is 2.56 bits per heavy atom. The lowest BCUT2D eigenvalue weighted by molar-refractivity contribution is -0.137. The molecule has 1 aromatic carbocycles. The summed E-state index contributed by atoms with van der Waals surface area (Å²) in [5.41, 5.74) is 1.85. The predicted molar refractivity (Wildman–Crippen MR) is 116 cm³/mol. The SMILES string of the molecule is O=C1C[C@H](C(=O)N2CCN(Cc3coc(-c4ccccc4)n3)CC2)CN1Cc1ccco1. The molecule has 0 radical (unpaired) electrons. The topological polar surface area (TPSA) is 83.0 Å². The highest BCUT2D eigenvalue weighted by Gasteiger charge is 2.37. The number of benzene rings is 1. The number of carbonyl (C=O) groups excluding carboxylic acids is 2. The van der Waals surface area contributed by atoms with E-state index >= 15 is 0 Å². The fraction of sp³-hybridized carbons (Fsp3) is 0.375. The molecule has 8 heteroatoms. The van der Waals surface area contributed by atoms with E-state index in [-0.39, 0.29) is 24.2 Å². The molecule has 32 heavy (non-hydrogen) atoms. The van der Waals surface area contributed by atoms with Crippen molar-refractivity contribution in [1.29, 1.82) is 0 Å². The summed E-state index contributed by atoms with van der Waals surface area (Å²) in [5.74, 6) is 1.18. The van der Waals surface area contributed by atoms with Gasteiger partial charge in [-0.25, -0.2) is 4.98 Å². The molecule has 2 aliphatic rings. The maximum atomic E-state index is 13.0. The van der Waals surface area contributed by atoms with Gasteiger partial charge in [0.1, 0.15) is 12.0 Å². The Kier molecular flexibility index (Phi) is 5.77. The zero-order valence-corrected chi connectivity index (χ0v) is 17.9. The molecular weight excluding hydrogens is 408 g/mol. The van der Waals surface area contributed by atoms with E-state index in [2.05, 4.69) is 9.88 Å². The van der Waals surface area contributed by atoms with Crippen LogP contribution >= 0.6 is 0 Å². The third-order valence-electron chi connectivity index (χ3n) is 6.13. The average Bonchev–Trinajstić information content (AvgIpc) is 3.57. The van der Waals surface area contributed by atoms with Crippen molar-refractivity contribution in [2.75, 3.05) is 32.7 Å². The van der Waals surface area contributed by atoms with Gasteiger partial charge in [0, 0.05) is 51.3 Å². The van der Waals surface area contributed by atoms with Crippen LogP contribution in [0.15, 0.2) is 63.8 Å². The molecule has 0 bridgehead atoms. The number of nitrogens with zero attached hydrogens (tertiary/aromatic N) is 4. The average molecular weight is 434 g/mol. The summed E-state index contributed by atoms with van der Waals surface area (Å²) in [7, 11) is 0. The number of rotatable bonds is 6. The van der Waals surface area contributed by atoms with Crippen LogP contribution in [0.1, 0.15) is 17.9 Å². The molecular formula is C24H26N4O4. The molecule has 1 atom stereocenters. The number of aromatic nitrogens is 1. The number of furan rings is 1. The van der Waals surface area contributed by atoms with E-state index in [0.717, 1.165) is 30.1 Å². The van der Waals surface area contributed by atoms with Crippen LogP contribution in [-0.2, 0) is 22.7 Å². The maximum absolute atomic E-state index is 13.0. The van der Waals surface area contributed by atoms with Crippen LogP contribution in [0.2, 0.25) is 0 Å². The van der Waals surface area contributed by atoms with E-state index in [9.17, 15) is 9.59 Å². The fourth-order valence-electron chi connectivity index (χ4n) is 4.39. The molecule has 4 heterocycles. The molecule has 8 nitrogen and oxygen atoms in total.